The van der Waals surface area contributed by atoms with E-state index in [4.69, 9.17) is 21.9 Å². The number of aromatic nitrogens is 2. The first-order valence-electron chi connectivity index (χ1n) is 11.2. The van der Waals surface area contributed by atoms with Gasteiger partial charge in [0.2, 0.25) is 5.91 Å². The number of benzene rings is 2. The second kappa shape index (κ2) is 9.78. The standard InChI is InChI=1S/C25H25ClN4O3.ClH/c1-14-20-23(29-33-14)21-18(26)11-6-12-19(21)30(25(20)32)17-10-5-9-16(13-17)28-24(31)22(27)15-7-3-2-4-8-15;/h2-4,6-8,11-12,16-17,22H,5,9-10,13,27H2,1H3,(H,28,31);1H/t16-,17+,22+;/m1./s1. The van der Waals surface area contributed by atoms with Crippen molar-refractivity contribution in [2.24, 2.45) is 5.73 Å². The van der Waals surface area contributed by atoms with Gasteiger partial charge < -0.3 is 20.1 Å². The molecule has 0 saturated heterocycles. The Bertz CT molecular complexity index is 1400. The van der Waals surface area contributed by atoms with Gasteiger partial charge in [-0.15, -0.1) is 12.4 Å². The van der Waals surface area contributed by atoms with Gasteiger partial charge in [0.1, 0.15) is 22.7 Å². The van der Waals surface area contributed by atoms with Crippen LogP contribution in [0.4, 0.5) is 0 Å². The van der Waals surface area contributed by atoms with E-state index >= 15 is 0 Å². The number of pyridine rings is 1. The van der Waals surface area contributed by atoms with Crippen molar-refractivity contribution < 1.29 is 9.32 Å². The van der Waals surface area contributed by atoms with E-state index in [0.717, 1.165) is 30.3 Å². The number of nitrogens with one attached hydrogen (secondary N) is 1. The number of hydrogen-bond donors (Lipinski definition) is 2. The van der Waals surface area contributed by atoms with Gasteiger partial charge in [-0.05, 0) is 50.3 Å². The molecule has 9 heteroatoms. The van der Waals surface area contributed by atoms with E-state index in [1.165, 1.54) is 0 Å². The first-order valence-corrected chi connectivity index (χ1v) is 11.5. The summed E-state index contributed by atoms with van der Waals surface area (Å²) in [6, 6.07) is 13.9. The highest BCUT2D eigenvalue weighted by molar-refractivity contribution is 6.37. The summed E-state index contributed by atoms with van der Waals surface area (Å²) in [7, 11) is 0. The summed E-state index contributed by atoms with van der Waals surface area (Å²) < 4.78 is 7.16. The molecule has 0 spiro atoms. The highest BCUT2D eigenvalue weighted by Crippen LogP contribution is 2.35. The van der Waals surface area contributed by atoms with Crippen LogP contribution >= 0.6 is 24.0 Å². The van der Waals surface area contributed by atoms with Crippen LogP contribution in [0.15, 0.2) is 57.8 Å². The van der Waals surface area contributed by atoms with E-state index in [0.29, 0.717) is 33.5 Å². The topological polar surface area (TPSA) is 103 Å². The van der Waals surface area contributed by atoms with E-state index in [-0.39, 0.29) is 36.0 Å². The van der Waals surface area contributed by atoms with Crippen molar-refractivity contribution in [3.63, 3.8) is 0 Å². The SMILES string of the molecule is Cc1onc2c1c(=O)n([C@H]1CCC[C@@H](NC(=O)[C@@H](N)c3ccccc3)C1)c1cccc(Cl)c21.Cl. The van der Waals surface area contributed by atoms with Crippen LogP contribution in [0.2, 0.25) is 5.02 Å². The quantitative estimate of drug-likeness (QED) is 0.417. The summed E-state index contributed by atoms with van der Waals surface area (Å²) in [6.45, 7) is 1.73. The summed E-state index contributed by atoms with van der Waals surface area (Å²) in [5.41, 5.74) is 8.03. The lowest BCUT2D eigenvalue weighted by molar-refractivity contribution is -0.123. The Morgan fingerprint density at radius 1 is 1.18 bits per heavy atom. The van der Waals surface area contributed by atoms with Crippen LogP contribution in [0.1, 0.15) is 49.1 Å². The lowest BCUT2D eigenvalue weighted by Crippen LogP contribution is -2.44. The van der Waals surface area contributed by atoms with Crippen LogP contribution in [0, 0.1) is 6.92 Å². The second-order valence-electron chi connectivity index (χ2n) is 8.69. The molecule has 0 aliphatic heterocycles. The Morgan fingerprint density at radius 2 is 1.94 bits per heavy atom. The third kappa shape index (κ3) is 4.19. The molecule has 1 aliphatic carbocycles. The number of nitrogens with zero attached hydrogens (tertiary/aromatic N) is 2. The Labute approximate surface area is 207 Å². The molecule has 7 nitrogen and oxygen atoms in total. The molecule has 5 rings (SSSR count). The Balaban J connectivity index is 0.00000274. The minimum atomic E-state index is -0.732. The average Bonchev–Trinajstić information content (AvgIpc) is 3.21. The molecular formula is C25H26Cl2N4O3. The number of rotatable bonds is 4. The van der Waals surface area contributed by atoms with Gasteiger partial charge in [-0.25, -0.2) is 0 Å². The largest absolute Gasteiger partial charge is 0.360 e. The number of halogens is 2. The molecule has 1 amide bonds. The maximum absolute atomic E-state index is 13.6. The first-order chi connectivity index (χ1) is 16.0. The van der Waals surface area contributed by atoms with E-state index in [9.17, 15) is 9.59 Å². The van der Waals surface area contributed by atoms with Gasteiger partial charge in [-0.2, -0.15) is 0 Å². The highest BCUT2D eigenvalue weighted by Gasteiger charge is 2.29. The Kier molecular flexibility index (Phi) is 6.98. The summed E-state index contributed by atoms with van der Waals surface area (Å²) in [5.74, 6) is 0.262. The number of fused-ring (bicyclic) bond motifs is 3. The molecule has 34 heavy (non-hydrogen) atoms. The summed E-state index contributed by atoms with van der Waals surface area (Å²) >= 11 is 6.53. The number of carbonyl (C=O) groups is 1. The fraction of sp³-hybridized carbons (Fsp3) is 0.320. The molecule has 0 unspecified atom stereocenters. The normalized spacial score (nSPS) is 19.0. The lowest BCUT2D eigenvalue weighted by Gasteiger charge is -2.32. The maximum Gasteiger partial charge on any atom is 0.264 e. The highest BCUT2D eigenvalue weighted by atomic mass is 35.5. The number of carbonyl (C=O) groups excluding carboxylic acids is 1. The summed E-state index contributed by atoms with van der Waals surface area (Å²) in [5, 5.41) is 8.90. The molecule has 178 valence electrons. The smallest absolute Gasteiger partial charge is 0.264 e. The maximum atomic E-state index is 13.6. The summed E-state index contributed by atoms with van der Waals surface area (Å²) in [6.07, 6.45) is 3.18. The molecule has 2 heterocycles. The van der Waals surface area contributed by atoms with E-state index in [1.807, 2.05) is 47.0 Å². The van der Waals surface area contributed by atoms with Crippen molar-refractivity contribution in [2.45, 2.75) is 50.7 Å². The van der Waals surface area contributed by atoms with Gasteiger partial charge in [0, 0.05) is 17.5 Å². The van der Waals surface area contributed by atoms with E-state index in [2.05, 4.69) is 10.5 Å². The summed E-state index contributed by atoms with van der Waals surface area (Å²) in [4.78, 5) is 26.4. The third-order valence-corrected chi connectivity index (χ3v) is 6.90. The predicted octanol–water partition coefficient (Wildman–Crippen LogP) is 4.83. The van der Waals surface area contributed by atoms with Gasteiger partial charge >= 0.3 is 0 Å². The number of hydrogen-bond acceptors (Lipinski definition) is 5. The zero-order valence-corrected chi connectivity index (χ0v) is 20.2. The molecule has 3 N–H and O–H groups in total. The van der Waals surface area contributed by atoms with Crippen LogP contribution in [0.25, 0.3) is 21.8 Å². The van der Waals surface area contributed by atoms with Gasteiger partial charge in [-0.3, -0.25) is 9.59 Å². The van der Waals surface area contributed by atoms with Crippen molar-refractivity contribution >= 4 is 51.7 Å². The number of nitrogens with two attached hydrogens (primary N) is 1. The third-order valence-electron chi connectivity index (χ3n) is 6.58. The van der Waals surface area contributed by atoms with Crippen LogP contribution < -0.4 is 16.6 Å². The molecule has 2 aromatic heterocycles. The van der Waals surface area contributed by atoms with Gasteiger partial charge in [0.15, 0.2) is 0 Å². The van der Waals surface area contributed by atoms with Crippen molar-refractivity contribution in [1.82, 2.24) is 15.0 Å². The van der Waals surface area contributed by atoms with Crippen LogP contribution in [0.3, 0.4) is 0 Å². The molecule has 4 aromatic rings. The molecular weight excluding hydrogens is 475 g/mol. The molecule has 0 bridgehead atoms. The molecule has 2 aromatic carbocycles. The zero-order valence-electron chi connectivity index (χ0n) is 18.7. The average molecular weight is 501 g/mol. The van der Waals surface area contributed by atoms with Crippen LogP contribution in [-0.4, -0.2) is 21.7 Å². The van der Waals surface area contributed by atoms with E-state index < -0.39 is 6.04 Å². The first kappa shape index (κ1) is 24.3. The van der Waals surface area contributed by atoms with Gasteiger partial charge in [0.25, 0.3) is 5.56 Å². The number of aryl methyl sites for hydroxylation is 1. The van der Waals surface area contributed by atoms with Crippen molar-refractivity contribution in [2.75, 3.05) is 0 Å². The van der Waals surface area contributed by atoms with Crippen molar-refractivity contribution in [3.05, 3.63) is 75.2 Å². The van der Waals surface area contributed by atoms with E-state index in [1.54, 1.807) is 13.0 Å². The monoisotopic (exact) mass is 500 g/mol. The molecule has 1 saturated carbocycles. The van der Waals surface area contributed by atoms with Gasteiger partial charge in [0.05, 0.1) is 10.5 Å². The van der Waals surface area contributed by atoms with Gasteiger partial charge in [-0.1, -0.05) is 53.2 Å². The number of amides is 1. The minimum Gasteiger partial charge on any atom is -0.360 e. The zero-order chi connectivity index (χ0) is 23.1. The fourth-order valence-corrected chi connectivity index (χ4v) is 5.23. The van der Waals surface area contributed by atoms with Crippen LogP contribution in [0.5, 0.6) is 0 Å². The molecule has 1 fully saturated rings. The molecule has 1 aliphatic rings. The molecule has 3 atom stereocenters. The van der Waals surface area contributed by atoms with Crippen LogP contribution in [-0.2, 0) is 4.79 Å². The predicted molar refractivity (Wildman–Crippen MR) is 136 cm³/mol. The van der Waals surface area contributed by atoms with Crippen molar-refractivity contribution in [1.29, 1.82) is 0 Å². The Hall–Kier alpha value is -2.87. The van der Waals surface area contributed by atoms with Crippen molar-refractivity contribution in [3.8, 4) is 0 Å². The minimum absolute atomic E-state index is 0. The second-order valence-corrected chi connectivity index (χ2v) is 9.09. The Morgan fingerprint density at radius 3 is 2.71 bits per heavy atom. The lowest BCUT2D eigenvalue weighted by atomic mass is 9.89. The fourth-order valence-electron chi connectivity index (χ4n) is 4.97. The molecule has 0 radical (unpaired) electrons.